The van der Waals surface area contributed by atoms with Crippen molar-refractivity contribution >= 4 is 17.5 Å². The minimum Gasteiger partial charge on any atom is -0.336 e. The number of carbonyl (C=O) groups excluding carboxylic acids is 2. The summed E-state index contributed by atoms with van der Waals surface area (Å²) in [5.74, 6) is -0.169. The second kappa shape index (κ2) is 8.22. The van der Waals surface area contributed by atoms with Crippen molar-refractivity contribution in [3.05, 3.63) is 65.5 Å². The van der Waals surface area contributed by atoms with Crippen LogP contribution in [-0.4, -0.2) is 50.0 Å². The molecule has 1 aromatic heterocycles. The summed E-state index contributed by atoms with van der Waals surface area (Å²) in [6, 6.07) is 15.0. The van der Waals surface area contributed by atoms with E-state index in [0.29, 0.717) is 17.8 Å². The minimum absolute atomic E-state index is 0.0827. The van der Waals surface area contributed by atoms with Crippen molar-refractivity contribution in [2.75, 3.05) is 18.4 Å². The van der Waals surface area contributed by atoms with E-state index in [1.54, 1.807) is 29.2 Å². The lowest BCUT2D eigenvalue weighted by Gasteiger charge is -2.11. The van der Waals surface area contributed by atoms with Gasteiger partial charge in [-0.3, -0.25) is 9.59 Å². The molecular weight excluding hydrogens is 368 g/mol. The normalized spacial score (nSPS) is 13.5. The van der Waals surface area contributed by atoms with Crippen LogP contribution in [0.1, 0.15) is 34.6 Å². The predicted octanol–water partition coefficient (Wildman–Crippen LogP) is 2.39. The van der Waals surface area contributed by atoms with Crippen molar-refractivity contribution in [2.24, 2.45) is 0 Å². The van der Waals surface area contributed by atoms with Crippen molar-refractivity contribution in [1.29, 1.82) is 0 Å². The number of rotatable bonds is 5. The van der Waals surface area contributed by atoms with Crippen LogP contribution in [0.25, 0.3) is 5.69 Å². The highest BCUT2D eigenvalue weighted by Crippen LogP contribution is 2.14. The fourth-order valence-electron chi connectivity index (χ4n) is 3.36. The number of anilines is 1. The van der Waals surface area contributed by atoms with Gasteiger partial charge in [-0.15, -0.1) is 15.0 Å². The van der Waals surface area contributed by atoms with E-state index in [0.717, 1.165) is 37.1 Å². The summed E-state index contributed by atoms with van der Waals surface area (Å²) >= 11 is 0. The van der Waals surface area contributed by atoms with Crippen molar-refractivity contribution in [3.8, 4) is 5.69 Å². The van der Waals surface area contributed by atoms with Gasteiger partial charge in [0.15, 0.2) is 0 Å². The Morgan fingerprint density at radius 3 is 2.55 bits per heavy atom. The molecule has 0 saturated carbocycles. The molecule has 148 valence electrons. The van der Waals surface area contributed by atoms with Crippen LogP contribution in [0.2, 0.25) is 0 Å². The predicted molar refractivity (Wildman–Crippen MR) is 108 cm³/mol. The van der Waals surface area contributed by atoms with E-state index in [1.807, 2.05) is 31.2 Å². The Balaban J connectivity index is 1.39. The highest BCUT2D eigenvalue weighted by molar-refractivity contribution is 5.92. The van der Waals surface area contributed by atoms with E-state index in [4.69, 9.17) is 0 Å². The summed E-state index contributed by atoms with van der Waals surface area (Å²) < 4.78 is 0. The summed E-state index contributed by atoms with van der Waals surface area (Å²) in [6.07, 6.45) is 2.34. The highest BCUT2D eigenvalue weighted by atomic mass is 16.2. The first-order chi connectivity index (χ1) is 14.1. The second-order valence-electron chi connectivity index (χ2n) is 7.16. The van der Waals surface area contributed by atoms with Gasteiger partial charge < -0.3 is 10.2 Å². The number of amides is 2. The molecule has 1 N–H and O–H groups in total. The number of likely N-dealkylation sites (tertiary alicyclic amines) is 1. The van der Waals surface area contributed by atoms with Crippen molar-refractivity contribution in [1.82, 2.24) is 25.1 Å². The zero-order valence-electron chi connectivity index (χ0n) is 16.2. The van der Waals surface area contributed by atoms with Gasteiger partial charge in [-0.2, -0.15) is 0 Å². The molecule has 4 rings (SSSR count). The Morgan fingerprint density at radius 1 is 1.07 bits per heavy atom. The van der Waals surface area contributed by atoms with Gasteiger partial charge >= 0.3 is 0 Å². The number of nitrogens with one attached hydrogen (secondary N) is 1. The van der Waals surface area contributed by atoms with Crippen LogP contribution in [0.4, 0.5) is 5.69 Å². The van der Waals surface area contributed by atoms with Gasteiger partial charge in [0, 0.05) is 18.8 Å². The SMILES string of the molecule is Cc1cccc(CC(=O)Nc2ccc(-n3nnc(C(=O)N4CCCC4)n3)cc2)c1. The second-order valence-corrected chi connectivity index (χ2v) is 7.16. The molecule has 0 atom stereocenters. The molecule has 29 heavy (non-hydrogen) atoms. The van der Waals surface area contributed by atoms with E-state index in [1.165, 1.54) is 4.80 Å². The molecule has 1 fully saturated rings. The number of tetrazole rings is 1. The lowest BCUT2D eigenvalue weighted by molar-refractivity contribution is -0.115. The Hall–Kier alpha value is -3.55. The zero-order chi connectivity index (χ0) is 20.2. The molecule has 1 aliphatic rings. The van der Waals surface area contributed by atoms with E-state index >= 15 is 0 Å². The molecule has 0 spiro atoms. The maximum absolute atomic E-state index is 12.3. The molecule has 0 aliphatic carbocycles. The molecule has 8 nitrogen and oxygen atoms in total. The van der Waals surface area contributed by atoms with Crippen molar-refractivity contribution in [3.63, 3.8) is 0 Å². The Morgan fingerprint density at radius 2 is 1.83 bits per heavy atom. The van der Waals surface area contributed by atoms with Gasteiger partial charge in [0.1, 0.15) is 0 Å². The Bertz CT molecular complexity index is 1020. The molecular formula is C21H22N6O2. The molecule has 0 unspecified atom stereocenters. The molecule has 2 heterocycles. The van der Waals surface area contributed by atoms with Crippen LogP contribution in [-0.2, 0) is 11.2 Å². The van der Waals surface area contributed by atoms with Gasteiger partial charge in [-0.05, 0) is 54.8 Å². The number of carbonyl (C=O) groups is 2. The van der Waals surface area contributed by atoms with Crippen LogP contribution in [0.5, 0.6) is 0 Å². The Labute approximate surface area is 168 Å². The quantitative estimate of drug-likeness (QED) is 0.722. The third-order valence-electron chi connectivity index (χ3n) is 4.83. The zero-order valence-corrected chi connectivity index (χ0v) is 16.2. The molecule has 0 bridgehead atoms. The maximum Gasteiger partial charge on any atom is 0.295 e. The van der Waals surface area contributed by atoms with Gasteiger partial charge in [-0.25, -0.2) is 0 Å². The summed E-state index contributed by atoms with van der Waals surface area (Å²) in [5, 5.41) is 14.9. The van der Waals surface area contributed by atoms with Gasteiger partial charge in [0.25, 0.3) is 11.7 Å². The lowest BCUT2D eigenvalue weighted by atomic mass is 10.1. The summed E-state index contributed by atoms with van der Waals surface area (Å²) in [7, 11) is 0. The minimum atomic E-state index is -0.186. The fourth-order valence-corrected chi connectivity index (χ4v) is 3.36. The molecule has 3 aromatic rings. The summed E-state index contributed by atoms with van der Waals surface area (Å²) in [6.45, 7) is 3.48. The van der Waals surface area contributed by atoms with Crippen molar-refractivity contribution in [2.45, 2.75) is 26.2 Å². The molecule has 1 saturated heterocycles. The van der Waals surface area contributed by atoms with E-state index in [9.17, 15) is 9.59 Å². The number of benzene rings is 2. The first-order valence-corrected chi connectivity index (χ1v) is 9.63. The molecule has 2 amide bonds. The van der Waals surface area contributed by atoms with Gasteiger partial charge in [0.2, 0.25) is 5.91 Å². The van der Waals surface area contributed by atoms with Crippen LogP contribution >= 0.6 is 0 Å². The van der Waals surface area contributed by atoms with E-state index < -0.39 is 0 Å². The average molecular weight is 390 g/mol. The number of aromatic nitrogens is 4. The molecule has 8 heteroatoms. The number of aryl methyl sites for hydroxylation is 1. The number of nitrogens with zero attached hydrogens (tertiary/aromatic N) is 5. The largest absolute Gasteiger partial charge is 0.336 e. The first kappa shape index (κ1) is 18.8. The number of hydrogen-bond donors (Lipinski definition) is 1. The third kappa shape index (κ3) is 4.48. The Kier molecular flexibility index (Phi) is 5.33. The van der Waals surface area contributed by atoms with E-state index in [2.05, 4.69) is 20.7 Å². The molecule has 1 aliphatic heterocycles. The summed E-state index contributed by atoms with van der Waals surface area (Å²) in [5.41, 5.74) is 3.44. The van der Waals surface area contributed by atoms with Gasteiger partial charge in [-0.1, -0.05) is 29.8 Å². The summed E-state index contributed by atoms with van der Waals surface area (Å²) in [4.78, 5) is 27.7. The smallest absolute Gasteiger partial charge is 0.295 e. The third-order valence-corrected chi connectivity index (χ3v) is 4.83. The van der Waals surface area contributed by atoms with E-state index in [-0.39, 0.29) is 17.6 Å². The highest BCUT2D eigenvalue weighted by Gasteiger charge is 2.23. The van der Waals surface area contributed by atoms with Crippen LogP contribution in [0.3, 0.4) is 0 Å². The maximum atomic E-state index is 12.3. The first-order valence-electron chi connectivity index (χ1n) is 9.63. The number of hydrogen-bond acceptors (Lipinski definition) is 5. The fraction of sp³-hybridized carbons (Fsp3) is 0.286. The van der Waals surface area contributed by atoms with Gasteiger partial charge in [0.05, 0.1) is 12.1 Å². The van der Waals surface area contributed by atoms with Crippen LogP contribution in [0, 0.1) is 6.92 Å². The van der Waals surface area contributed by atoms with Crippen LogP contribution < -0.4 is 5.32 Å². The average Bonchev–Trinajstić information content (AvgIpc) is 3.40. The van der Waals surface area contributed by atoms with Crippen LogP contribution in [0.15, 0.2) is 48.5 Å². The molecule has 2 aromatic carbocycles. The lowest BCUT2D eigenvalue weighted by Crippen LogP contribution is -2.28. The topological polar surface area (TPSA) is 93.0 Å². The standard InChI is InChI=1S/C21H22N6O2/c1-15-5-4-6-16(13-15)14-19(28)22-17-7-9-18(10-8-17)27-24-20(23-25-27)21(29)26-11-2-3-12-26/h4-10,13H,2-3,11-12,14H2,1H3,(H,22,28). The molecule has 0 radical (unpaired) electrons. The monoisotopic (exact) mass is 390 g/mol. The van der Waals surface area contributed by atoms with Crippen molar-refractivity contribution < 1.29 is 9.59 Å².